The molecule has 1 aliphatic heterocycles. The van der Waals surface area contributed by atoms with E-state index in [-0.39, 0.29) is 24.4 Å². The largest absolute Gasteiger partial charge is 0.340 e. The summed E-state index contributed by atoms with van der Waals surface area (Å²) in [5.41, 5.74) is 0.399. The van der Waals surface area contributed by atoms with Gasteiger partial charge in [-0.15, -0.1) is 0 Å². The van der Waals surface area contributed by atoms with Crippen LogP contribution < -0.4 is 5.32 Å². The van der Waals surface area contributed by atoms with Gasteiger partial charge in [0.2, 0.25) is 11.8 Å². The van der Waals surface area contributed by atoms with Crippen molar-refractivity contribution in [1.29, 1.82) is 0 Å². The minimum atomic E-state index is -0.643. The molecule has 1 N–H and O–H groups in total. The normalized spacial score (nSPS) is 22.5. The number of carbonyl (C=O) groups excluding carboxylic acids is 2. The summed E-state index contributed by atoms with van der Waals surface area (Å²) in [5.74, 6) is 0.0328. The highest BCUT2D eigenvalue weighted by atomic mass is 79.9. The average molecular weight is 351 g/mol. The second-order valence-corrected chi connectivity index (χ2v) is 6.92. The fourth-order valence-corrected chi connectivity index (χ4v) is 3.85. The Morgan fingerprint density at radius 2 is 2.00 bits per heavy atom. The summed E-state index contributed by atoms with van der Waals surface area (Å²) in [6, 6.07) is 7.82. The SMILES string of the molecule is CC(c1cccc(Br)c1)N1CC(=O)NC2(CCCC2)C1=O. The zero-order chi connectivity index (χ0) is 15.0. The molecule has 1 atom stereocenters. The summed E-state index contributed by atoms with van der Waals surface area (Å²) in [6.45, 7) is 2.13. The van der Waals surface area contributed by atoms with Crippen molar-refractivity contribution in [3.63, 3.8) is 0 Å². The predicted molar refractivity (Wildman–Crippen MR) is 83.6 cm³/mol. The molecule has 1 saturated heterocycles. The van der Waals surface area contributed by atoms with Crippen LogP contribution in [0.4, 0.5) is 0 Å². The first-order valence-electron chi connectivity index (χ1n) is 7.39. The maximum atomic E-state index is 12.9. The van der Waals surface area contributed by atoms with Gasteiger partial charge >= 0.3 is 0 Å². The Morgan fingerprint density at radius 1 is 1.29 bits per heavy atom. The Morgan fingerprint density at radius 3 is 2.67 bits per heavy atom. The standard InChI is InChI=1S/C16H19BrN2O2/c1-11(12-5-4-6-13(17)9-12)19-10-14(20)18-16(15(19)21)7-2-3-8-16/h4-6,9,11H,2-3,7-8,10H2,1H3,(H,18,20). The van der Waals surface area contributed by atoms with Gasteiger partial charge in [-0.25, -0.2) is 0 Å². The number of halogens is 1. The summed E-state index contributed by atoms with van der Waals surface area (Å²) in [7, 11) is 0. The van der Waals surface area contributed by atoms with Crippen molar-refractivity contribution in [1.82, 2.24) is 10.2 Å². The Balaban J connectivity index is 1.89. The van der Waals surface area contributed by atoms with E-state index in [1.807, 2.05) is 31.2 Å². The second kappa shape index (κ2) is 5.44. The van der Waals surface area contributed by atoms with Crippen LogP contribution in [0, 0.1) is 0 Å². The van der Waals surface area contributed by atoms with E-state index in [9.17, 15) is 9.59 Å². The fraction of sp³-hybridized carbons (Fsp3) is 0.500. The summed E-state index contributed by atoms with van der Waals surface area (Å²) in [6.07, 6.45) is 3.54. The van der Waals surface area contributed by atoms with E-state index in [0.717, 1.165) is 35.7 Å². The van der Waals surface area contributed by atoms with Gasteiger partial charge < -0.3 is 10.2 Å². The zero-order valence-electron chi connectivity index (χ0n) is 12.1. The van der Waals surface area contributed by atoms with E-state index in [1.54, 1.807) is 4.90 Å². The van der Waals surface area contributed by atoms with Gasteiger partial charge in [0.05, 0.1) is 6.04 Å². The van der Waals surface area contributed by atoms with Crippen LogP contribution in [-0.4, -0.2) is 28.8 Å². The van der Waals surface area contributed by atoms with Gasteiger partial charge in [-0.1, -0.05) is 40.9 Å². The minimum absolute atomic E-state index is 0.0432. The summed E-state index contributed by atoms with van der Waals surface area (Å²) >= 11 is 3.46. The van der Waals surface area contributed by atoms with Crippen molar-refractivity contribution in [2.45, 2.75) is 44.2 Å². The number of hydrogen-bond donors (Lipinski definition) is 1. The van der Waals surface area contributed by atoms with Gasteiger partial charge in [0.15, 0.2) is 0 Å². The number of nitrogens with zero attached hydrogens (tertiary/aromatic N) is 1. The first-order chi connectivity index (χ1) is 10.0. The molecule has 21 heavy (non-hydrogen) atoms. The number of rotatable bonds is 2. The van der Waals surface area contributed by atoms with Crippen molar-refractivity contribution in [3.8, 4) is 0 Å². The molecule has 2 fully saturated rings. The predicted octanol–water partition coefficient (Wildman–Crippen LogP) is 2.78. The van der Waals surface area contributed by atoms with Crippen molar-refractivity contribution in [3.05, 3.63) is 34.3 Å². The topological polar surface area (TPSA) is 49.4 Å². The lowest BCUT2D eigenvalue weighted by molar-refractivity contribution is -0.152. The maximum Gasteiger partial charge on any atom is 0.249 e. The molecule has 1 aliphatic carbocycles. The van der Waals surface area contributed by atoms with Gasteiger partial charge in [0.25, 0.3) is 0 Å². The number of benzene rings is 1. The number of piperazine rings is 1. The Kier molecular flexibility index (Phi) is 3.78. The maximum absolute atomic E-state index is 12.9. The van der Waals surface area contributed by atoms with E-state index >= 15 is 0 Å². The highest BCUT2D eigenvalue weighted by Crippen LogP contribution is 2.36. The molecule has 0 bridgehead atoms. The molecule has 1 aromatic carbocycles. The van der Waals surface area contributed by atoms with Gasteiger partial charge in [-0.3, -0.25) is 9.59 Å². The first kappa shape index (κ1) is 14.6. The van der Waals surface area contributed by atoms with E-state index < -0.39 is 5.54 Å². The van der Waals surface area contributed by atoms with Crippen LogP contribution in [0.3, 0.4) is 0 Å². The van der Waals surface area contributed by atoms with E-state index in [4.69, 9.17) is 0 Å². The van der Waals surface area contributed by atoms with E-state index in [0.29, 0.717) is 0 Å². The molecule has 1 unspecified atom stereocenters. The molecule has 112 valence electrons. The van der Waals surface area contributed by atoms with Crippen LogP contribution in [0.25, 0.3) is 0 Å². The second-order valence-electron chi connectivity index (χ2n) is 6.00. The zero-order valence-corrected chi connectivity index (χ0v) is 13.6. The average Bonchev–Trinajstić information content (AvgIpc) is 2.91. The number of nitrogens with one attached hydrogen (secondary N) is 1. The minimum Gasteiger partial charge on any atom is -0.340 e. The number of carbonyl (C=O) groups is 2. The van der Waals surface area contributed by atoms with Crippen LogP contribution in [0.1, 0.15) is 44.2 Å². The lowest BCUT2D eigenvalue weighted by atomic mass is 9.91. The van der Waals surface area contributed by atoms with Gasteiger partial charge in [0, 0.05) is 4.47 Å². The van der Waals surface area contributed by atoms with Gasteiger partial charge in [-0.2, -0.15) is 0 Å². The van der Waals surface area contributed by atoms with E-state index in [1.165, 1.54) is 0 Å². The fourth-order valence-electron chi connectivity index (χ4n) is 3.44. The van der Waals surface area contributed by atoms with Crippen LogP contribution >= 0.6 is 15.9 Å². The Bertz CT molecular complexity index is 581. The number of amides is 2. The van der Waals surface area contributed by atoms with Crippen LogP contribution in [-0.2, 0) is 9.59 Å². The molecule has 1 aromatic rings. The molecule has 5 heteroatoms. The van der Waals surface area contributed by atoms with Gasteiger partial charge in [-0.05, 0) is 37.5 Å². The first-order valence-corrected chi connectivity index (χ1v) is 8.19. The third-order valence-corrected chi connectivity index (χ3v) is 5.11. The lowest BCUT2D eigenvalue weighted by Crippen LogP contribution is -2.65. The van der Waals surface area contributed by atoms with Crippen molar-refractivity contribution in [2.24, 2.45) is 0 Å². The van der Waals surface area contributed by atoms with Gasteiger partial charge in [0.1, 0.15) is 12.1 Å². The molecule has 2 aliphatic rings. The lowest BCUT2D eigenvalue weighted by Gasteiger charge is -2.42. The van der Waals surface area contributed by atoms with Crippen LogP contribution in [0.15, 0.2) is 28.7 Å². The van der Waals surface area contributed by atoms with E-state index in [2.05, 4.69) is 21.2 Å². The van der Waals surface area contributed by atoms with Crippen LogP contribution in [0.5, 0.6) is 0 Å². The molecule has 1 saturated carbocycles. The highest BCUT2D eigenvalue weighted by molar-refractivity contribution is 9.10. The highest BCUT2D eigenvalue weighted by Gasteiger charge is 2.49. The molecule has 1 spiro atoms. The van der Waals surface area contributed by atoms with Crippen molar-refractivity contribution >= 4 is 27.7 Å². The molecule has 2 amide bonds. The summed E-state index contributed by atoms with van der Waals surface area (Å²) in [5, 5.41) is 2.95. The van der Waals surface area contributed by atoms with Crippen molar-refractivity contribution in [2.75, 3.05) is 6.54 Å². The molecule has 0 radical (unpaired) electrons. The van der Waals surface area contributed by atoms with Crippen molar-refractivity contribution < 1.29 is 9.59 Å². The van der Waals surface area contributed by atoms with Crippen LogP contribution in [0.2, 0.25) is 0 Å². The molecular weight excluding hydrogens is 332 g/mol. The smallest absolute Gasteiger partial charge is 0.249 e. The molecule has 1 heterocycles. The molecule has 3 rings (SSSR count). The quantitative estimate of drug-likeness (QED) is 0.891. The Hall–Kier alpha value is -1.36. The molecule has 0 aromatic heterocycles. The third kappa shape index (κ3) is 2.59. The Labute approximate surface area is 133 Å². The summed E-state index contributed by atoms with van der Waals surface area (Å²) < 4.78 is 0.983. The molecular formula is C16H19BrN2O2. The number of hydrogen-bond acceptors (Lipinski definition) is 2. The molecule has 4 nitrogen and oxygen atoms in total. The monoisotopic (exact) mass is 350 g/mol. The third-order valence-electron chi connectivity index (χ3n) is 4.62. The summed E-state index contributed by atoms with van der Waals surface area (Å²) in [4.78, 5) is 26.7.